The van der Waals surface area contributed by atoms with Gasteiger partial charge in [-0.25, -0.2) is 4.79 Å². The molecule has 1 aliphatic rings. The minimum absolute atomic E-state index is 0.0996. The van der Waals surface area contributed by atoms with E-state index in [-0.39, 0.29) is 5.78 Å². The number of carbonyl (C=O) groups is 2. The van der Waals surface area contributed by atoms with Gasteiger partial charge in [-0.3, -0.25) is 4.79 Å². The van der Waals surface area contributed by atoms with E-state index in [2.05, 4.69) is 12.1 Å². The van der Waals surface area contributed by atoms with Gasteiger partial charge in [-0.2, -0.15) is 0 Å². The van der Waals surface area contributed by atoms with E-state index in [9.17, 15) is 14.7 Å². The Morgan fingerprint density at radius 1 is 1.12 bits per heavy atom. The van der Waals surface area contributed by atoms with Crippen LogP contribution in [0.4, 0.5) is 0 Å². The van der Waals surface area contributed by atoms with Crippen LogP contribution >= 0.6 is 0 Å². The van der Waals surface area contributed by atoms with Crippen molar-refractivity contribution in [2.24, 2.45) is 0 Å². The highest BCUT2D eigenvalue weighted by atomic mass is 16.5. The molecule has 0 fully saturated rings. The molecule has 2 aromatic carbocycles. The van der Waals surface area contributed by atoms with Crippen molar-refractivity contribution in [2.75, 3.05) is 0 Å². The first-order chi connectivity index (χ1) is 11.9. The van der Waals surface area contributed by atoms with Gasteiger partial charge >= 0.3 is 5.97 Å². The monoisotopic (exact) mass is 338 g/mol. The highest BCUT2D eigenvalue weighted by Gasteiger charge is 2.31. The van der Waals surface area contributed by atoms with E-state index >= 15 is 0 Å². The van der Waals surface area contributed by atoms with Gasteiger partial charge in [-0.05, 0) is 55.9 Å². The van der Waals surface area contributed by atoms with Crippen molar-refractivity contribution in [1.82, 2.24) is 0 Å². The van der Waals surface area contributed by atoms with Crippen LogP contribution in [0.5, 0.6) is 5.75 Å². The van der Waals surface area contributed by atoms with Gasteiger partial charge in [0.25, 0.3) is 0 Å². The zero-order valence-corrected chi connectivity index (χ0v) is 14.5. The molecule has 0 saturated carbocycles. The number of aryl methyl sites for hydroxylation is 3. The van der Waals surface area contributed by atoms with Crippen molar-refractivity contribution >= 4 is 11.8 Å². The van der Waals surface area contributed by atoms with Crippen LogP contribution in [-0.2, 0) is 24.1 Å². The van der Waals surface area contributed by atoms with Crippen LogP contribution in [0.2, 0.25) is 0 Å². The molecule has 0 spiro atoms. The summed E-state index contributed by atoms with van der Waals surface area (Å²) in [6, 6.07) is 13.9. The highest BCUT2D eigenvalue weighted by Crippen LogP contribution is 2.33. The first kappa shape index (κ1) is 17.2. The summed E-state index contributed by atoms with van der Waals surface area (Å²) in [5.74, 6) is -0.437. The molecule has 0 aliphatic heterocycles. The lowest BCUT2D eigenvalue weighted by Gasteiger charge is -2.24. The number of aliphatic carboxylic acids is 1. The molecule has 4 nitrogen and oxygen atoms in total. The number of fused-ring (bicyclic) bond motifs is 1. The number of ketones is 1. The smallest absolute Gasteiger partial charge is 0.347 e. The van der Waals surface area contributed by atoms with Crippen molar-refractivity contribution in [2.45, 2.75) is 45.1 Å². The Hall–Kier alpha value is -2.62. The number of carboxylic acids is 1. The maximum absolute atomic E-state index is 12.0. The van der Waals surface area contributed by atoms with Crippen LogP contribution in [0.1, 0.15) is 47.3 Å². The number of hydrogen-bond acceptors (Lipinski definition) is 3. The maximum Gasteiger partial charge on any atom is 0.347 e. The Morgan fingerprint density at radius 2 is 1.84 bits per heavy atom. The Labute approximate surface area is 147 Å². The van der Waals surface area contributed by atoms with Gasteiger partial charge in [-0.1, -0.05) is 36.4 Å². The first-order valence-electron chi connectivity index (χ1n) is 8.52. The topological polar surface area (TPSA) is 63.6 Å². The molecule has 130 valence electrons. The van der Waals surface area contributed by atoms with E-state index in [0.29, 0.717) is 17.7 Å². The predicted octanol–water partition coefficient (Wildman–Crippen LogP) is 3.84. The second-order valence-corrected chi connectivity index (χ2v) is 6.94. The van der Waals surface area contributed by atoms with E-state index in [0.717, 1.165) is 30.4 Å². The molecule has 1 aliphatic carbocycles. The van der Waals surface area contributed by atoms with Crippen molar-refractivity contribution in [3.63, 3.8) is 0 Å². The molecule has 0 aromatic heterocycles. The van der Waals surface area contributed by atoms with Gasteiger partial charge in [0.2, 0.25) is 0 Å². The van der Waals surface area contributed by atoms with E-state index in [4.69, 9.17) is 4.74 Å². The SMILES string of the molecule is CC(C)(Oc1cc2c(cc1CCc1ccccc1)CCC2=O)C(=O)O. The largest absolute Gasteiger partial charge is 0.478 e. The summed E-state index contributed by atoms with van der Waals surface area (Å²) in [5.41, 5.74) is 2.51. The summed E-state index contributed by atoms with van der Waals surface area (Å²) in [6.07, 6.45) is 2.82. The second-order valence-electron chi connectivity index (χ2n) is 6.94. The van der Waals surface area contributed by atoms with E-state index in [1.54, 1.807) is 6.07 Å². The third-order valence-corrected chi connectivity index (χ3v) is 4.61. The van der Waals surface area contributed by atoms with Gasteiger partial charge in [0.05, 0.1) is 0 Å². The van der Waals surface area contributed by atoms with Crippen molar-refractivity contribution < 1.29 is 19.4 Å². The molecule has 3 rings (SSSR count). The third-order valence-electron chi connectivity index (χ3n) is 4.61. The minimum atomic E-state index is -1.35. The van der Waals surface area contributed by atoms with Crippen molar-refractivity contribution in [3.05, 3.63) is 64.7 Å². The molecule has 25 heavy (non-hydrogen) atoms. The van der Waals surface area contributed by atoms with Gasteiger partial charge in [0.1, 0.15) is 5.75 Å². The number of hydrogen-bond donors (Lipinski definition) is 1. The number of Topliss-reactive ketones (excluding diaryl/α,β-unsaturated/α-hetero) is 1. The fourth-order valence-electron chi connectivity index (χ4n) is 3.06. The first-order valence-corrected chi connectivity index (χ1v) is 8.52. The van der Waals surface area contributed by atoms with Crippen LogP contribution < -0.4 is 4.74 Å². The Balaban J connectivity index is 1.92. The quantitative estimate of drug-likeness (QED) is 0.869. The summed E-state index contributed by atoms with van der Waals surface area (Å²) < 4.78 is 5.80. The molecule has 0 atom stereocenters. The maximum atomic E-state index is 12.0. The normalized spacial score (nSPS) is 13.6. The molecule has 1 N–H and O–H groups in total. The molecule has 0 radical (unpaired) electrons. The number of carboxylic acid groups (broad SMARTS) is 1. The summed E-state index contributed by atoms with van der Waals surface area (Å²) in [4.78, 5) is 23.5. The lowest BCUT2D eigenvalue weighted by Crippen LogP contribution is -2.38. The second kappa shape index (κ2) is 6.71. The van der Waals surface area contributed by atoms with Gasteiger partial charge < -0.3 is 9.84 Å². The number of carbonyl (C=O) groups excluding carboxylic acids is 1. The van der Waals surface area contributed by atoms with E-state index in [1.807, 2.05) is 24.3 Å². The average molecular weight is 338 g/mol. The molecular weight excluding hydrogens is 316 g/mol. The van der Waals surface area contributed by atoms with Gasteiger partial charge in [-0.15, -0.1) is 0 Å². The van der Waals surface area contributed by atoms with Crippen LogP contribution in [0.3, 0.4) is 0 Å². The number of rotatable bonds is 6. The molecular formula is C21H22O4. The summed E-state index contributed by atoms with van der Waals surface area (Å²) >= 11 is 0. The molecule has 0 heterocycles. The van der Waals surface area contributed by atoms with Gasteiger partial charge in [0, 0.05) is 12.0 Å². The molecule has 2 aromatic rings. The summed E-state index contributed by atoms with van der Waals surface area (Å²) in [5, 5.41) is 9.35. The van der Waals surface area contributed by atoms with Crippen LogP contribution in [0.15, 0.2) is 42.5 Å². The molecule has 4 heteroatoms. The number of ether oxygens (including phenoxy) is 1. The van der Waals surface area contributed by atoms with E-state index in [1.165, 1.54) is 19.4 Å². The zero-order chi connectivity index (χ0) is 18.0. The highest BCUT2D eigenvalue weighted by molar-refractivity contribution is 6.01. The third kappa shape index (κ3) is 3.73. The summed E-state index contributed by atoms with van der Waals surface area (Å²) in [7, 11) is 0. The Morgan fingerprint density at radius 3 is 2.52 bits per heavy atom. The van der Waals surface area contributed by atoms with Crippen molar-refractivity contribution in [1.29, 1.82) is 0 Å². The predicted molar refractivity (Wildman–Crippen MR) is 95.3 cm³/mol. The fraction of sp³-hybridized carbons (Fsp3) is 0.333. The van der Waals surface area contributed by atoms with Gasteiger partial charge in [0.15, 0.2) is 11.4 Å². The van der Waals surface area contributed by atoms with Crippen LogP contribution in [0, 0.1) is 0 Å². The Bertz CT molecular complexity index is 806. The lowest BCUT2D eigenvalue weighted by molar-refractivity contribution is -0.152. The molecule has 0 bridgehead atoms. The minimum Gasteiger partial charge on any atom is -0.478 e. The standard InChI is InChI=1S/C21H22O4/c1-21(2,20(23)24)25-19-13-17-15(10-11-18(17)22)12-16(19)9-8-14-6-4-3-5-7-14/h3-7,12-13H,8-11H2,1-2H3,(H,23,24). The average Bonchev–Trinajstić information content (AvgIpc) is 2.93. The Kier molecular flexibility index (Phi) is 4.62. The molecule has 0 amide bonds. The molecule has 0 unspecified atom stereocenters. The summed E-state index contributed by atoms with van der Waals surface area (Å²) in [6.45, 7) is 3.04. The zero-order valence-electron chi connectivity index (χ0n) is 14.5. The fourth-order valence-corrected chi connectivity index (χ4v) is 3.06. The van der Waals surface area contributed by atoms with Crippen LogP contribution in [-0.4, -0.2) is 22.5 Å². The van der Waals surface area contributed by atoms with E-state index < -0.39 is 11.6 Å². The molecule has 0 saturated heterocycles. The van der Waals surface area contributed by atoms with Crippen molar-refractivity contribution in [3.8, 4) is 5.75 Å². The lowest BCUT2D eigenvalue weighted by atomic mass is 9.98. The van der Waals surface area contributed by atoms with Crippen LogP contribution in [0.25, 0.3) is 0 Å². The number of benzene rings is 2.